The van der Waals surface area contributed by atoms with Crippen LogP contribution in [-0.4, -0.2) is 46.0 Å². The standard InChI is InChI=1S/C16H11Cl3F6N4S.C3H6BrCl/c1-28(4-2-3-17)14-13(30-16(23,24)25)11(7-26)27-29(14)12-9(18)5-8(6-10(12)19)15(20,21)22;4-2-1-3-5/h5-6H,2-4H2,1H3;1-3H2. The molecule has 0 aliphatic carbocycles. The number of thioether (sulfide) groups is 1. The van der Waals surface area contributed by atoms with Crippen LogP contribution < -0.4 is 4.90 Å². The van der Waals surface area contributed by atoms with Crippen LogP contribution in [-0.2, 0) is 6.18 Å². The molecule has 1 heterocycles. The van der Waals surface area contributed by atoms with Gasteiger partial charge in [0.2, 0.25) is 0 Å². The Morgan fingerprint density at radius 3 is 2.00 bits per heavy atom. The Morgan fingerprint density at radius 1 is 1.09 bits per heavy atom. The summed E-state index contributed by atoms with van der Waals surface area (Å²) in [6.07, 6.45) is -3.30. The highest BCUT2D eigenvalue weighted by molar-refractivity contribution is 9.09. The van der Waals surface area contributed by atoms with Gasteiger partial charge in [-0.05, 0) is 36.7 Å². The molecule has 1 aromatic carbocycles. The molecule has 2 aromatic rings. The minimum atomic E-state index is -4.75. The molecule has 0 radical (unpaired) electrons. The number of rotatable bonds is 8. The number of benzene rings is 1. The lowest BCUT2D eigenvalue weighted by Crippen LogP contribution is -2.23. The van der Waals surface area contributed by atoms with Gasteiger partial charge in [0.15, 0.2) is 5.69 Å². The fourth-order valence-electron chi connectivity index (χ4n) is 2.55. The molecule has 0 aliphatic heterocycles. The second-order valence-electron chi connectivity index (χ2n) is 6.55. The molecule has 0 saturated carbocycles. The lowest BCUT2D eigenvalue weighted by molar-refractivity contribution is -0.137. The minimum absolute atomic E-state index is 0.168. The highest BCUT2D eigenvalue weighted by Crippen LogP contribution is 2.46. The van der Waals surface area contributed by atoms with Gasteiger partial charge < -0.3 is 4.90 Å². The summed E-state index contributed by atoms with van der Waals surface area (Å²) in [4.78, 5) is 0.809. The van der Waals surface area contributed by atoms with Gasteiger partial charge in [-0.3, -0.25) is 0 Å². The summed E-state index contributed by atoms with van der Waals surface area (Å²) in [5.41, 5.74) is -6.77. The van der Waals surface area contributed by atoms with Crippen molar-refractivity contribution in [3.63, 3.8) is 0 Å². The molecule has 35 heavy (non-hydrogen) atoms. The number of hydrogen-bond acceptors (Lipinski definition) is 4. The maximum atomic E-state index is 13.1. The number of anilines is 1. The van der Waals surface area contributed by atoms with Crippen molar-refractivity contribution in [1.29, 1.82) is 5.26 Å². The van der Waals surface area contributed by atoms with Gasteiger partial charge in [0.05, 0.1) is 20.5 Å². The number of nitrogens with zero attached hydrogens (tertiary/aromatic N) is 4. The van der Waals surface area contributed by atoms with Crippen LogP contribution in [0, 0.1) is 11.3 Å². The Labute approximate surface area is 230 Å². The molecule has 0 atom stereocenters. The molecule has 0 bridgehead atoms. The van der Waals surface area contributed by atoms with Gasteiger partial charge in [0.1, 0.15) is 17.6 Å². The third-order valence-electron chi connectivity index (χ3n) is 3.95. The van der Waals surface area contributed by atoms with E-state index in [2.05, 4.69) is 21.0 Å². The molecule has 0 fully saturated rings. The van der Waals surface area contributed by atoms with Gasteiger partial charge in [-0.15, -0.1) is 23.2 Å². The van der Waals surface area contributed by atoms with E-state index in [1.165, 1.54) is 11.9 Å². The predicted molar refractivity (Wildman–Crippen MR) is 133 cm³/mol. The largest absolute Gasteiger partial charge is 0.446 e. The van der Waals surface area contributed by atoms with Crippen LogP contribution in [0.25, 0.3) is 5.69 Å². The van der Waals surface area contributed by atoms with Gasteiger partial charge in [0, 0.05) is 30.7 Å². The Balaban J connectivity index is 0.00000111. The van der Waals surface area contributed by atoms with Crippen molar-refractivity contribution in [2.24, 2.45) is 0 Å². The molecule has 4 nitrogen and oxygen atoms in total. The topological polar surface area (TPSA) is 44.9 Å². The first-order valence-electron chi connectivity index (χ1n) is 9.46. The zero-order chi connectivity index (χ0) is 27.0. The van der Waals surface area contributed by atoms with Gasteiger partial charge in [0.25, 0.3) is 0 Å². The van der Waals surface area contributed by atoms with Crippen LogP contribution in [0.5, 0.6) is 0 Å². The number of aromatic nitrogens is 2. The van der Waals surface area contributed by atoms with Crippen LogP contribution in [0.1, 0.15) is 24.1 Å². The van der Waals surface area contributed by atoms with Gasteiger partial charge >= 0.3 is 11.7 Å². The summed E-state index contributed by atoms with van der Waals surface area (Å²) >= 11 is 25.6. The minimum Gasteiger partial charge on any atom is -0.359 e. The Hall–Kier alpha value is -0.710. The van der Waals surface area contributed by atoms with E-state index in [1.807, 2.05) is 0 Å². The SMILES string of the molecule is CN(CCCCl)c1c(SC(F)(F)F)c(C#N)nn1-c1c(Cl)cc(C(F)(F)F)cc1Cl.ClCCCBr. The first kappa shape index (κ1) is 32.3. The van der Waals surface area contributed by atoms with E-state index in [0.29, 0.717) is 18.6 Å². The third kappa shape index (κ3) is 9.59. The van der Waals surface area contributed by atoms with E-state index < -0.39 is 49.6 Å². The second-order valence-corrected chi connectivity index (χ2v) is 9.99. The summed E-state index contributed by atoms with van der Waals surface area (Å²) < 4.78 is 79.2. The first-order chi connectivity index (χ1) is 16.2. The maximum Gasteiger partial charge on any atom is 0.446 e. The van der Waals surface area contributed by atoms with E-state index in [0.717, 1.165) is 22.3 Å². The van der Waals surface area contributed by atoms with Crippen LogP contribution in [0.3, 0.4) is 0 Å². The smallest absolute Gasteiger partial charge is 0.359 e. The quantitative estimate of drug-likeness (QED) is 0.160. The monoisotopic (exact) mass is 666 g/mol. The molecule has 2 rings (SSSR count). The second kappa shape index (κ2) is 14.3. The lowest BCUT2D eigenvalue weighted by Gasteiger charge is -2.23. The highest BCUT2D eigenvalue weighted by atomic mass is 79.9. The number of hydrogen-bond donors (Lipinski definition) is 0. The molecule has 0 N–H and O–H groups in total. The number of alkyl halides is 9. The Morgan fingerprint density at radius 2 is 1.63 bits per heavy atom. The maximum absolute atomic E-state index is 13.1. The summed E-state index contributed by atoms with van der Waals surface area (Å²) in [5, 5.41) is 13.1. The lowest BCUT2D eigenvalue weighted by atomic mass is 10.2. The molecule has 0 unspecified atom stereocenters. The van der Waals surface area contributed by atoms with Crippen molar-refractivity contribution < 1.29 is 26.3 Å². The van der Waals surface area contributed by atoms with Crippen LogP contribution in [0.2, 0.25) is 10.0 Å². The van der Waals surface area contributed by atoms with E-state index in [4.69, 9.17) is 46.4 Å². The summed E-state index contributed by atoms with van der Waals surface area (Å²) in [6, 6.07) is 2.72. The van der Waals surface area contributed by atoms with Gasteiger partial charge in [-0.25, -0.2) is 4.68 Å². The predicted octanol–water partition coefficient (Wildman–Crippen LogP) is 8.76. The fourth-order valence-corrected chi connectivity index (χ4v) is 4.81. The van der Waals surface area contributed by atoms with Crippen molar-refractivity contribution in [3.8, 4) is 11.8 Å². The molecule has 16 heteroatoms. The molecule has 0 aliphatic rings. The van der Waals surface area contributed by atoms with Crippen LogP contribution in [0.15, 0.2) is 17.0 Å². The normalized spacial score (nSPS) is 11.6. The molecular formula is C19H17BrCl4F6N4S. The first-order valence-corrected chi connectivity index (χ1v) is 13.2. The van der Waals surface area contributed by atoms with Crippen molar-refractivity contribution >= 4 is 79.9 Å². The van der Waals surface area contributed by atoms with Gasteiger partial charge in [-0.2, -0.15) is 36.7 Å². The third-order valence-corrected chi connectivity index (χ3v) is 6.44. The number of halogens is 11. The molecule has 1 aromatic heterocycles. The van der Waals surface area contributed by atoms with Crippen LogP contribution in [0.4, 0.5) is 32.2 Å². The van der Waals surface area contributed by atoms with Crippen molar-refractivity contribution in [2.75, 3.05) is 35.6 Å². The summed E-state index contributed by atoms with van der Waals surface area (Å²) in [7, 11) is 1.42. The highest BCUT2D eigenvalue weighted by Gasteiger charge is 2.37. The zero-order valence-electron chi connectivity index (χ0n) is 17.8. The van der Waals surface area contributed by atoms with E-state index in [1.54, 1.807) is 6.07 Å². The molecule has 0 saturated heterocycles. The summed E-state index contributed by atoms with van der Waals surface area (Å²) in [5.74, 6) is 0.765. The zero-order valence-corrected chi connectivity index (χ0v) is 23.2. The Kier molecular flexibility index (Phi) is 13.2. The summed E-state index contributed by atoms with van der Waals surface area (Å²) in [6.45, 7) is 0.168. The number of nitriles is 1. The Bertz CT molecular complexity index is 1000. The molecule has 196 valence electrons. The van der Waals surface area contributed by atoms with Crippen molar-refractivity contribution in [3.05, 3.63) is 33.4 Å². The average molecular weight is 669 g/mol. The molecular weight excluding hydrogens is 652 g/mol. The van der Waals surface area contributed by atoms with Crippen molar-refractivity contribution in [2.45, 2.75) is 29.4 Å². The fraction of sp³-hybridized carbons (Fsp3) is 0.474. The molecule has 0 amide bonds. The van der Waals surface area contributed by atoms with Crippen molar-refractivity contribution in [1.82, 2.24) is 9.78 Å². The van der Waals surface area contributed by atoms with Crippen LogP contribution >= 0.6 is 74.1 Å². The van der Waals surface area contributed by atoms with E-state index >= 15 is 0 Å². The van der Waals surface area contributed by atoms with E-state index in [-0.39, 0.29) is 23.9 Å². The van der Waals surface area contributed by atoms with E-state index in [9.17, 15) is 31.6 Å². The van der Waals surface area contributed by atoms with Gasteiger partial charge in [-0.1, -0.05) is 39.1 Å². The molecule has 0 spiro atoms. The average Bonchev–Trinajstić information content (AvgIpc) is 3.08.